The monoisotopic (exact) mass is 218 g/mol. The third-order valence-corrected chi connectivity index (χ3v) is 1.92. The maximum atomic E-state index is 8.67. The van der Waals surface area contributed by atoms with Crippen LogP contribution in [0.5, 0.6) is 0 Å². The average molecular weight is 218 g/mol. The van der Waals surface area contributed by atoms with Crippen LogP contribution in [0.15, 0.2) is 59.3 Å². The fraction of sp³-hybridized carbons (Fsp3) is 0.333. The molecular weight excluding hydrogens is 196 g/mol. The molecule has 0 aliphatic carbocycles. The molecule has 0 radical (unpaired) electrons. The van der Waals surface area contributed by atoms with E-state index in [0.717, 1.165) is 5.57 Å². The zero-order valence-electron chi connectivity index (χ0n) is 10.7. The summed E-state index contributed by atoms with van der Waals surface area (Å²) in [6.45, 7) is 8.28. The van der Waals surface area contributed by atoms with Crippen molar-refractivity contribution in [2.75, 3.05) is 6.61 Å². The van der Waals surface area contributed by atoms with Crippen molar-refractivity contribution in [2.24, 2.45) is 0 Å². The Balaban J connectivity index is 4.30. The highest BCUT2D eigenvalue weighted by atomic mass is 16.2. The number of allylic oxidation sites excluding steroid dienone is 9. The molecule has 0 aromatic carbocycles. The van der Waals surface area contributed by atoms with Gasteiger partial charge in [-0.2, -0.15) is 0 Å². The van der Waals surface area contributed by atoms with Gasteiger partial charge in [0.15, 0.2) is 0 Å². The summed E-state index contributed by atoms with van der Waals surface area (Å²) in [7, 11) is 0. The molecular formula is C15H22O. The summed E-state index contributed by atoms with van der Waals surface area (Å²) >= 11 is 0. The molecule has 0 heterocycles. The summed E-state index contributed by atoms with van der Waals surface area (Å²) in [6.07, 6.45) is 14.0. The van der Waals surface area contributed by atoms with E-state index in [4.69, 9.17) is 5.11 Å². The highest BCUT2D eigenvalue weighted by molar-refractivity contribution is 5.28. The molecule has 0 saturated heterocycles. The second kappa shape index (κ2) is 8.93. The zero-order valence-corrected chi connectivity index (χ0v) is 10.7. The van der Waals surface area contributed by atoms with E-state index in [2.05, 4.69) is 32.9 Å². The SMILES string of the molecule is CC(C)=C/C=C/C(C)=C/C=C/C(C)=C/CO. The molecule has 0 atom stereocenters. The van der Waals surface area contributed by atoms with E-state index in [1.165, 1.54) is 11.1 Å². The lowest BCUT2D eigenvalue weighted by Crippen LogP contribution is -1.75. The molecule has 0 aromatic heterocycles. The molecule has 1 N–H and O–H groups in total. The quantitative estimate of drug-likeness (QED) is 0.693. The van der Waals surface area contributed by atoms with Gasteiger partial charge in [-0.1, -0.05) is 59.3 Å². The maximum Gasteiger partial charge on any atom is 0.0617 e. The van der Waals surface area contributed by atoms with Gasteiger partial charge in [0.1, 0.15) is 0 Å². The van der Waals surface area contributed by atoms with E-state index in [0.29, 0.717) is 0 Å². The van der Waals surface area contributed by atoms with Crippen molar-refractivity contribution in [1.29, 1.82) is 0 Å². The molecule has 0 amide bonds. The maximum absolute atomic E-state index is 8.67. The fourth-order valence-electron chi connectivity index (χ4n) is 1.01. The van der Waals surface area contributed by atoms with E-state index >= 15 is 0 Å². The molecule has 0 bridgehead atoms. The molecule has 0 aliphatic rings. The molecule has 16 heavy (non-hydrogen) atoms. The molecule has 0 unspecified atom stereocenters. The molecule has 88 valence electrons. The summed E-state index contributed by atoms with van der Waals surface area (Å²) in [5, 5.41) is 8.67. The van der Waals surface area contributed by atoms with Gasteiger partial charge in [0.25, 0.3) is 0 Å². The summed E-state index contributed by atoms with van der Waals surface area (Å²) in [6, 6.07) is 0. The van der Waals surface area contributed by atoms with Crippen LogP contribution in [-0.4, -0.2) is 11.7 Å². The summed E-state index contributed by atoms with van der Waals surface area (Å²) in [5.41, 5.74) is 3.56. The van der Waals surface area contributed by atoms with Crippen LogP contribution in [-0.2, 0) is 0 Å². The largest absolute Gasteiger partial charge is 0.392 e. The first-order chi connectivity index (χ1) is 7.56. The van der Waals surface area contributed by atoms with Gasteiger partial charge in [-0.25, -0.2) is 0 Å². The van der Waals surface area contributed by atoms with Crippen molar-refractivity contribution >= 4 is 0 Å². The Morgan fingerprint density at radius 1 is 0.875 bits per heavy atom. The van der Waals surface area contributed by atoms with Crippen molar-refractivity contribution in [3.63, 3.8) is 0 Å². The van der Waals surface area contributed by atoms with Crippen LogP contribution in [0.2, 0.25) is 0 Å². The van der Waals surface area contributed by atoms with Gasteiger partial charge in [0.2, 0.25) is 0 Å². The number of aliphatic hydroxyl groups is 1. The number of rotatable bonds is 5. The molecule has 0 aliphatic heterocycles. The van der Waals surface area contributed by atoms with Crippen LogP contribution in [0, 0.1) is 0 Å². The first kappa shape index (κ1) is 14.7. The van der Waals surface area contributed by atoms with Gasteiger partial charge in [0, 0.05) is 0 Å². The fourth-order valence-corrected chi connectivity index (χ4v) is 1.01. The van der Waals surface area contributed by atoms with Crippen LogP contribution in [0.4, 0.5) is 0 Å². The molecule has 1 heteroatoms. The Bertz CT molecular complexity index is 334. The van der Waals surface area contributed by atoms with Gasteiger partial charge in [-0.3, -0.25) is 0 Å². The van der Waals surface area contributed by atoms with Crippen molar-refractivity contribution < 1.29 is 5.11 Å². The molecule has 1 nitrogen and oxygen atoms in total. The summed E-state index contributed by atoms with van der Waals surface area (Å²) in [4.78, 5) is 0. The van der Waals surface area contributed by atoms with Crippen LogP contribution < -0.4 is 0 Å². The standard InChI is InChI=1S/C15H22O/c1-13(2)7-5-8-14(3)9-6-10-15(4)11-12-16/h5-11,16H,12H2,1-4H3/b8-5+,10-6+,14-9+,15-11+. The van der Waals surface area contributed by atoms with Crippen LogP contribution in [0.3, 0.4) is 0 Å². The van der Waals surface area contributed by atoms with E-state index < -0.39 is 0 Å². The lowest BCUT2D eigenvalue weighted by Gasteiger charge is -1.90. The lowest BCUT2D eigenvalue weighted by atomic mass is 10.2. The van der Waals surface area contributed by atoms with Crippen molar-refractivity contribution in [2.45, 2.75) is 27.7 Å². The van der Waals surface area contributed by atoms with Gasteiger partial charge in [-0.05, 0) is 27.7 Å². The first-order valence-electron chi connectivity index (χ1n) is 5.50. The number of hydrogen-bond donors (Lipinski definition) is 1. The smallest absolute Gasteiger partial charge is 0.0617 e. The van der Waals surface area contributed by atoms with E-state index in [1.807, 2.05) is 31.2 Å². The van der Waals surface area contributed by atoms with E-state index in [9.17, 15) is 0 Å². The van der Waals surface area contributed by atoms with E-state index in [1.54, 1.807) is 6.08 Å². The normalized spacial score (nSPS) is 13.8. The molecule has 0 fully saturated rings. The summed E-state index contributed by atoms with van der Waals surface area (Å²) < 4.78 is 0. The van der Waals surface area contributed by atoms with Gasteiger partial charge >= 0.3 is 0 Å². The van der Waals surface area contributed by atoms with Crippen LogP contribution >= 0.6 is 0 Å². The van der Waals surface area contributed by atoms with Gasteiger partial charge in [-0.15, -0.1) is 0 Å². The Labute approximate surface area is 99.2 Å². The lowest BCUT2D eigenvalue weighted by molar-refractivity contribution is 0.342. The van der Waals surface area contributed by atoms with E-state index in [-0.39, 0.29) is 6.61 Å². The third-order valence-electron chi connectivity index (χ3n) is 1.92. The Kier molecular flexibility index (Phi) is 8.18. The predicted molar refractivity (Wildman–Crippen MR) is 72.3 cm³/mol. The molecule has 0 aromatic rings. The molecule has 0 rings (SSSR count). The van der Waals surface area contributed by atoms with Crippen molar-refractivity contribution in [3.05, 3.63) is 59.3 Å². The minimum Gasteiger partial charge on any atom is -0.392 e. The third kappa shape index (κ3) is 9.22. The highest BCUT2D eigenvalue weighted by Gasteiger charge is 1.80. The van der Waals surface area contributed by atoms with Crippen molar-refractivity contribution in [1.82, 2.24) is 0 Å². The Hall–Kier alpha value is -1.34. The zero-order chi connectivity index (χ0) is 12.4. The molecule has 0 saturated carbocycles. The second-order valence-electron chi connectivity index (χ2n) is 4.00. The van der Waals surface area contributed by atoms with Crippen LogP contribution in [0.1, 0.15) is 27.7 Å². The average Bonchev–Trinajstić information content (AvgIpc) is 2.17. The minimum atomic E-state index is 0.0966. The number of hydrogen-bond acceptors (Lipinski definition) is 1. The Morgan fingerprint density at radius 2 is 1.44 bits per heavy atom. The topological polar surface area (TPSA) is 20.2 Å². The summed E-state index contributed by atoms with van der Waals surface area (Å²) in [5.74, 6) is 0. The number of aliphatic hydroxyl groups excluding tert-OH is 1. The van der Waals surface area contributed by atoms with Crippen molar-refractivity contribution in [3.8, 4) is 0 Å². The second-order valence-corrected chi connectivity index (χ2v) is 4.00. The van der Waals surface area contributed by atoms with Gasteiger partial charge < -0.3 is 5.11 Å². The highest BCUT2D eigenvalue weighted by Crippen LogP contribution is 2.00. The minimum absolute atomic E-state index is 0.0966. The Morgan fingerprint density at radius 3 is 2.00 bits per heavy atom. The predicted octanol–water partition coefficient (Wildman–Crippen LogP) is 3.95. The van der Waals surface area contributed by atoms with Gasteiger partial charge in [0.05, 0.1) is 6.61 Å². The first-order valence-corrected chi connectivity index (χ1v) is 5.50. The molecule has 0 spiro atoms. The van der Waals surface area contributed by atoms with Crippen LogP contribution in [0.25, 0.3) is 0 Å².